The zero-order chi connectivity index (χ0) is 13.0. The number of hydrogen-bond donors (Lipinski definition) is 1. The van der Waals surface area contributed by atoms with E-state index in [9.17, 15) is 0 Å². The van der Waals surface area contributed by atoms with Crippen LogP contribution in [0.25, 0.3) is 0 Å². The summed E-state index contributed by atoms with van der Waals surface area (Å²) in [4.78, 5) is 6.45. The van der Waals surface area contributed by atoms with E-state index in [1.165, 1.54) is 0 Å². The lowest BCUT2D eigenvalue weighted by molar-refractivity contribution is 0.370. The van der Waals surface area contributed by atoms with Gasteiger partial charge in [-0.3, -0.25) is 0 Å². The Hall–Kier alpha value is -1.88. The predicted octanol–water partition coefficient (Wildman–Crippen LogP) is 1.35. The van der Waals surface area contributed by atoms with Crippen LogP contribution in [0.2, 0.25) is 0 Å². The van der Waals surface area contributed by atoms with Gasteiger partial charge in [-0.1, -0.05) is 17.3 Å². The summed E-state index contributed by atoms with van der Waals surface area (Å²) in [6, 6.07) is 7.71. The number of nitrogen functional groups attached to an aromatic ring is 1. The summed E-state index contributed by atoms with van der Waals surface area (Å²) < 4.78 is 5.22. The summed E-state index contributed by atoms with van der Waals surface area (Å²) in [5, 5.41) is 3.96. The standard InChI is InChI=1S/C13H18N4O/c1-17(2)7-6-12-15-13(18-16-12)9-10-4-3-5-11(14)8-10/h3-5,8H,6-7,9,14H2,1-2H3. The van der Waals surface area contributed by atoms with Crippen molar-refractivity contribution in [2.45, 2.75) is 12.8 Å². The van der Waals surface area contributed by atoms with Gasteiger partial charge in [0.1, 0.15) is 0 Å². The summed E-state index contributed by atoms with van der Waals surface area (Å²) in [6.45, 7) is 0.914. The van der Waals surface area contributed by atoms with E-state index in [0.717, 1.165) is 30.0 Å². The Morgan fingerprint density at radius 2 is 2.17 bits per heavy atom. The molecule has 5 heteroatoms. The van der Waals surface area contributed by atoms with Crippen LogP contribution < -0.4 is 5.73 Å². The van der Waals surface area contributed by atoms with Gasteiger partial charge < -0.3 is 15.2 Å². The van der Waals surface area contributed by atoms with Crippen molar-refractivity contribution in [1.82, 2.24) is 15.0 Å². The molecule has 0 unspecified atom stereocenters. The van der Waals surface area contributed by atoms with Crippen LogP contribution in [0.15, 0.2) is 28.8 Å². The molecule has 0 saturated carbocycles. The van der Waals surface area contributed by atoms with Gasteiger partial charge in [-0.05, 0) is 31.8 Å². The molecule has 0 aliphatic heterocycles. The van der Waals surface area contributed by atoms with Crippen molar-refractivity contribution in [3.05, 3.63) is 41.5 Å². The third-order valence-corrected chi connectivity index (χ3v) is 2.60. The average molecular weight is 246 g/mol. The Bertz CT molecular complexity index is 507. The number of likely N-dealkylation sites (N-methyl/N-ethyl adjacent to an activating group) is 1. The molecule has 0 aliphatic carbocycles. The van der Waals surface area contributed by atoms with Crippen LogP contribution in [-0.2, 0) is 12.8 Å². The van der Waals surface area contributed by atoms with Gasteiger partial charge in [-0.15, -0.1) is 0 Å². The fourth-order valence-corrected chi connectivity index (χ4v) is 1.66. The number of nitrogens with zero attached hydrogens (tertiary/aromatic N) is 3. The summed E-state index contributed by atoms with van der Waals surface area (Å²) >= 11 is 0. The first-order chi connectivity index (χ1) is 8.63. The molecular weight excluding hydrogens is 228 g/mol. The monoisotopic (exact) mass is 246 g/mol. The lowest BCUT2D eigenvalue weighted by atomic mass is 10.1. The van der Waals surface area contributed by atoms with Crippen LogP contribution in [0.4, 0.5) is 5.69 Å². The van der Waals surface area contributed by atoms with Crippen LogP contribution in [-0.4, -0.2) is 35.7 Å². The maximum atomic E-state index is 5.73. The third kappa shape index (κ3) is 3.56. The molecule has 1 aromatic heterocycles. The molecule has 0 aliphatic rings. The van der Waals surface area contributed by atoms with Crippen LogP contribution >= 0.6 is 0 Å². The Morgan fingerprint density at radius 1 is 1.33 bits per heavy atom. The highest BCUT2D eigenvalue weighted by atomic mass is 16.5. The fourth-order valence-electron chi connectivity index (χ4n) is 1.66. The zero-order valence-corrected chi connectivity index (χ0v) is 10.8. The molecule has 0 radical (unpaired) electrons. The lowest BCUT2D eigenvalue weighted by Crippen LogP contribution is -2.15. The highest BCUT2D eigenvalue weighted by Gasteiger charge is 2.07. The van der Waals surface area contributed by atoms with Crippen molar-refractivity contribution in [3.8, 4) is 0 Å². The van der Waals surface area contributed by atoms with Crippen molar-refractivity contribution in [3.63, 3.8) is 0 Å². The smallest absolute Gasteiger partial charge is 0.231 e. The molecule has 5 nitrogen and oxygen atoms in total. The Balaban J connectivity index is 1.98. The summed E-state index contributed by atoms with van der Waals surface area (Å²) in [7, 11) is 4.04. The number of nitrogens with two attached hydrogens (primary N) is 1. The quantitative estimate of drug-likeness (QED) is 0.806. The van der Waals surface area contributed by atoms with Crippen molar-refractivity contribution < 1.29 is 4.52 Å². The normalized spacial score (nSPS) is 11.1. The van der Waals surface area contributed by atoms with Gasteiger partial charge in [0.15, 0.2) is 5.82 Å². The van der Waals surface area contributed by atoms with E-state index in [1.807, 2.05) is 38.4 Å². The van der Waals surface area contributed by atoms with E-state index in [-0.39, 0.29) is 0 Å². The molecule has 96 valence electrons. The number of hydrogen-bond acceptors (Lipinski definition) is 5. The molecule has 0 atom stereocenters. The Kier molecular flexibility index (Phi) is 3.94. The minimum atomic E-state index is 0.625. The second kappa shape index (κ2) is 5.64. The van der Waals surface area contributed by atoms with Gasteiger partial charge >= 0.3 is 0 Å². The Morgan fingerprint density at radius 3 is 2.89 bits per heavy atom. The van der Waals surface area contributed by atoms with Gasteiger partial charge in [0.05, 0.1) is 6.42 Å². The number of aromatic nitrogens is 2. The zero-order valence-electron chi connectivity index (χ0n) is 10.8. The molecule has 1 heterocycles. The minimum absolute atomic E-state index is 0.625. The van der Waals surface area contributed by atoms with Crippen LogP contribution in [0, 0.1) is 0 Å². The van der Waals surface area contributed by atoms with E-state index in [4.69, 9.17) is 10.3 Å². The molecule has 2 aromatic rings. The summed E-state index contributed by atoms with van der Waals surface area (Å²) in [5.41, 5.74) is 7.56. The first-order valence-corrected chi connectivity index (χ1v) is 5.94. The van der Waals surface area contributed by atoms with E-state index in [1.54, 1.807) is 0 Å². The second-order valence-electron chi connectivity index (χ2n) is 4.58. The topological polar surface area (TPSA) is 68.2 Å². The molecule has 0 bridgehead atoms. The average Bonchev–Trinajstić information content (AvgIpc) is 2.74. The predicted molar refractivity (Wildman–Crippen MR) is 70.2 cm³/mol. The largest absolute Gasteiger partial charge is 0.399 e. The molecule has 2 rings (SSSR count). The van der Waals surface area contributed by atoms with Gasteiger partial charge in [0.25, 0.3) is 0 Å². The van der Waals surface area contributed by atoms with E-state index in [2.05, 4.69) is 15.0 Å². The van der Waals surface area contributed by atoms with E-state index >= 15 is 0 Å². The summed E-state index contributed by atoms with van der Waals surface area (Å²) in [6.07, 6.45) is 1.42. The molecule has 2 N–H and O–H groups in total. The summed E-state index contributed by atoms with van der Waals surface area (Å²) in [5.74, 6) is 1.39. The van der Waals surface area contributed by atoms with E-state index < -0.39 is 0 Å². The SMILES string of the molecule is CN(C)CCc1noc(Cc2cccc(N)c2)n1. The Labute approximate surface area is 107 Å². The number of anilines is 1. The first kappa shape index (κ1) is 12.6. The van der Waals surface area contributed by atoms with Crippen molar-refractivity contribution >= 4 is 5.69 Å². The number of rotatable bonds is 5. The third-order valence-electron chi connectivity index (χ3n) is 2.60. The van der Waals surface area contributed by atoms with Gasteiger partial charge in [-0.25, -0.2) is 0 Å². The molecule has 0 fully saturated rings. The van der Waals surface area contributed by atoms with Crippen LogP contribution in [0.1, 0.15) is 17.3 Å². The second-order valence-corrected chi connectivity index (χ2v) is 4.58. The van der Waals surface area contributed by atoms with E-state index in [0.29, 0.717) is 12.3 Å². The first-order valence-electron chi connectivity index (χ1n) is 5.94. The van der Waals surface area contributed by atoms with Gasteiger partial charge in [0.2, 0.25) is 5.89 Å². The van der Waals surface area contributed by atoms with Crippen molar-refractivity contribution in [2.24, 2.45) is 0 Å². The van der Waals surface area contributed by atoms with Crippen LogP contribution in [0.5, 0.6) is 0 Å². The number of benzene rings is 1. The van der Waals surface area contributed by atoms with Crippen LogP contribution in [0.3, 0.4) is 0 Å². The van der Waals surface area contributed by atoms with Gasteiger partial charge in [-0.2, -0.15) is 4.98 Å². The highest BCUT2D eigenvalue weighted by Crippen LogP contribution is 2.11. The molecule has 0 spiro atoms. The van der Waals surface area contributed by atoms with Crippen molar-refractivity contribution in [1.29, 1.82) is 0 Å². The molecule has 18 heavy (non-hydrogen) atoms. The molecule has 1 aromatic carbocycles. The lowest BCUT2D eigenvalue weighted by Gasteiger charge is -2.05. The maximum Gasteiger partial charge on any atom is 0.231 e. The fraction of sp³-hybridized carbons (Fsp3) is 0.385. The molecule has 0 amide bonds. The molecule has 0 saturated heterocycles. The molecular formula is C13H18N4O. The van der Waals surface area contributed by atoms with Crippen molar-refractivity contribution in [2.75, 3.05) is 26.4 Å². The maximum absolute atomic E-state index is 5.73. The van der Waals surface area contributed by atoms with Gasteiger partial charge in [0, 0.05) is 18.7 Å². The minimum Gasteiger partial charge on any atom is -0.399 e. The highest BCUT2D eigenvalue weighted by molar-refractivity contribution is 5.41.